The number of nitrogens with one attached hydrogen (secondary N) is 2. The van der Waals surface area contributed by atoms with Crippen LogP contribution in [0.4, 0.5) is 5.69 Å². The molecule has 22 heavy (non-hydrogen) atoms. The van der Waals surface area contributed by atoms with Crippen LogP contribution in [0.3, 0.4) is 0 Å². The quantitative estimate of drug-likeness (QED) is 0.626. The minimum Gasteiger partial charge on any atom is -0.362 e. The molecular formula is C17H26ClN3S. The maximum absolute atomic E-state index is 6.10. The number of benzene rings is 1. The van der Waals surface area contributed by atoms with E-state index in [2.05, 4.69) is 29.4 Å². The van der Waals surface area contributed by atoms with E-state index in [1.165, 1.54) is 19.5 Å². The third-order valence-electron chi connectivity index (χ3n) is 4.00. The van der Waals surface area contributed by atoms with E-state index in [1.54, 1.807) is 0 Å². The fourth-order valence-electron chi connectivity index (χ4n) is 3.21. The Labute approximate surface area is 144 Å². The predicted octanol–water partition coefficient (Wildman–Crippen LogP) is 3.99. The summed E-state index contributed by atoms with van der Waals surface area (Å²) in [5, 5.41) is 7.71. The minimum absolute atomic E-state index is 0.633. The highest BCUT2D eigenvalue weighted by molar-refractivity contribution is 7.80. The van der Waals surface area contributed by atoms with Crippen molar-refractivity contribution in [2.24, 2.45) is 11.8 Å². The van der Waals surface area contributed by atoms with Crippen molar-refractivity contribution < 1.29 is 0 Å². The van der Waals surface area contributed by atoms with E-state index in [4.69, 9.17) is 23.8 Å². The molecule has 0 aliphatic carbocycles. The molecule has 2 atom stereocenters. The molecule has 1 aromatic carbocycles. The predicted molar refractivity (Wildman–Crippen MR) is 99.7 cm³/mol. The number of rotatable bonds is 5. The lowest BCUT2D eigenvalue weighted by Gasteiger charge is -2.35. The van der Waals surface area contributed by atoms with Crippen LogP contribution in [0, 0.1) is 11.8 Å². The zero-order valence-electron chi connectivity index (χ0n) is 13.4. The Bertz CT molecular complexity index is 485. The Kier molecular flexibility index (Phi) is 6.93. The lowest BCUT2D eigenvalue weighted by atomic mass is 9.92. The van der Waals surface area contributed by atoms with Crippen molar-refractivity contribution >= 4 is 34.6 Å². The van der Waals surface area contributed by atoms with Gasteiger partial charge in [0.15, 0.2) is 5.11 Å². The van der Waals surface area contributed by atoms with Crippen LogP contribution in [0.2, 0.25) is 5.02 Å². The van der Waals surface area contributed by atoms with E-state index in [0.717, 1.165) is 37.0 Å². The van der Waals surface area contributed by atoms with Crippen molar-refractivity contribution in [2.75, 3.05) is 31.5 Å². The SMILES string of the molecule is C[C@H]1C[C@H](C)CN(CCCNC(=S)Nc2ccccc2Cl)C1. The van der Waals surface area contributed by atoms with Gasteiger partial charge in [0.2, 0.25) is 0 Å². The summed E-state index contributed by atoms with van der Waals surface area (Å²) in [6.45, 7) is 9.18. The molecule has 1 heterocycles. The van der Waals surface area contributed by atoms with Gasteiger partial charge in [-0.2, -0.15) is 0 Å². The van der Waals surface area contributed by atoms with Gasteiger partial charge in [-0.15, -0.1) is 0 Å². The molecule has 0 spiro atoms. The molecule has 1 aromatic rings. The summed E-state index contributed by atoms with van der Waals surface area (Å²) < 4.78 is 0. The van der Waals surface area contributed by atoms with E-state index in [9.17, 15) is 0 Å². The Balaban J connectivity index is 1.64. The first-order chi connectivity index (χ1) is 10.5. The Morgan fingerprint density at radius 2 is 1.95 bits per heavy atom. The number of anilines is 1. The Morgan fingerprint density at radius 1 is 1.27 bits per heavy atom. The largest absolute Gasteiger partial charge is 0.362 e. The first-order valence-electron chi connectivity index (χ1n) is 8.06. The van der Waals surface area contributed by atoms with E-state index < -0.39 is 0 Å². The molecule has 1 fully saturated rings. The number of thiocarbonyl (C=S) groups is 1. The minimum atomic E-state index is 0.633. The van der Waals surface area contributed by atoms with Crippen LogP contribution in [-0.2, 0) is 0 Å². The lowest BCUT2D eigenvalue weighted by molar-refractivity contribution is 0.140. The van der Waals surface area contributed by atoms with E-state index in [0.29, 0.717) is 10.1 Å². The standard InChI is InChI=1S/C17H26ClN3S/c1-13-10-14(2)12-21(11-13)9-5-8-19-17(22)20-16-7-4-3-6-15(16)18/h3-4,6-7,13-14H,5,8-12H2,1-2H3,(H2,19,20,22)/t13-,14-/m0/s1. The number of halogens is 1. The molecule has 1 aliphatic heterocycles. The van der Waals surface area contributed by atoms with Crippen LogP contribution in [0.1, 0.15) is 26.7 Å². The third kappa shape index (κ3) is 5.75. The van der Waals surface area contributed by atoms with Crippen molar-refractivity contribution in [3.63, 3.8) is 0 Å². The Morgan fingerprint density at radius 3 is 2.64 bits per heavy atom. The number of hydrogen-bond donors (Lipinski definition) is 2. The van der Waals surface area contributed by atoms with Crippen LogP contribution in [-0.4, -0.2) is 36.2 Å². The zero-order valence-corrected chi connectivity index (χ0v) is 15.0. The maximum Gasteiger partial charge on any atom is 0.170 e. The van der Waals surface area contributed by atoms with Gasteiger partial charge in [0.25, 0.3) is 0 Å². The van der Waals surface area contributed by atoms with Gasteiger partial charge in [0.05, 0.1) is 10.7 Å². The molecule has 0 bridgehead atoms. The highest BCUT2D eigenvalue weighted by Crippen LogP contribution is 2.21. The molecule has 1 aliphatic rings. The van der Waals surface area contributed by atoms with Crippen molar-refractivity contribution in [2.45, 2.75) is 26.7 Å². The highest BCUT2D eigenvalue weighted by Gasteiger charge is 2.20. The summed E-state index contributed by atoms with van der Waals surface area (Å²) in [7, 11) is 0. The van der Waals surface area contributed by atoms with Crippen LogP contribution in [0.25, 0.3) is 0 Å². The molecule has 0 aromatic heterocycles. The smallest absolute Gasteiger partial charge is 0.170 e. The summed E-state index contributed by atoms with van der Waals surface area (Å²) in [6.07, 6.45) is 2.46. The molecule has 0 saturated carbocycles. The lowest BCUT2D eigenvalue weighted by Crippen LogP contribution is -2.40. The summed E-state index contributed by atoms with van der Waals surface area (Å²) in [5.41, 5.74) is 0.848. The Hall–Kier alpha value is -0.840. The van der Waals surface area contributed by atoms with E-state index >= 15 is 0 Å². The monoisotopic (exact) mass is 339 g/mol. The molecule has 3 nitrogen and oxygen atoms in total. The average molecular weight is 340 g/mol. The topological polar surface area (TPSA) is 27.3 Å². The van der Waals surface area contributed by atoms with Gasteiger partial charge < -0.3 is 15.5 Å². The second-order valence-corrected chi connectivity index (χ2v) is 7.24. The van der Waals surface area contributed by atoms with Gasteiger partial charge in [-0.05, 0) is 55.6 Å². The summed E-state index contributed by atoms with van der Waals surface area (Å²) in [4.78, 5) is 2.57. The van der Waals surface area contributed by atoms with Gasteiger partial charge in [-0.1, -0.05) is 37.6 Å². The number of likely N-dealkylation sites (tertiary alicyclic amines) is 1. The summed E-state index contributed by atoms with van der Waals surface area (Å²) >= 11 is 11.4. The molecule has 0 radical (unpaired) electrons. The molecular weight excluding hydrogens is 314 g/mol. The molecule has 0 unspecified atom stereocenters. The van der Waals surface area contributed by atoms with Crippen molar-refractivity contribution in [3.05, 3.63) is 29.3 Å². The average Bonchev–Trinajstić information content (AvgIpc) is 2.45. The molecule has 0 amide bonds. The molecule has 2 N–H and O–H groups in total. The molecule has 1 saturated heterocycles. The van der Waals surface area contributed by atoms with Crippen molar-refractivity contribution in [3.8, 4) is 0 Å². The molecule has 122 valence electrons. The highest BCUT2D eigenvalue weighted by atomic mass is 35.5. The van der Waals surface area contributed by atoms with Crippen LogP contribution < -0.4 is 10.6 Å². The van der Waals surface area contributed by atoms with Gasteiger partial charge in [0, 0.05) is 19.6 Å². The fourth-order valence-corrected chi connectivity index (χ4v) is 3.60. The van der Waals surface area contributed by atoms with Crippen molar-refractivity contribution in [1.82, 2.24) is 10.2 Å². The van der Waals surface area contributed by atoms with Gasteiger partial charge in [-0.3, -0.25) is 0 Å². The fraction of sp³-hybridized carbons (Fsp3) is 0.588. The third-order valence-corrected chi connectivity index (χ3v) is 4.58. The second kappa shape index (κ2) is 8.70. The number of nitrogens with zero attached hydrogens (tertiary/aromatic N) is 1. The van der Waals surface area contributed by atoms with Gasteiger partial charge in [0.1, 0.15) is 0 Å². The van der Waals surface area contributed by atoms with Crippen LogP contribution in [0.5, 0.6) is 0 Å². The number of hydrogen-bond acceptors (Lipinski definition) is 2. The maximum atomic E-state index is 6.10. The van der Waals surface area contributed by atoms with E-state index in [1.807, 2.05) is 24.3 Å². The normalized spacial score (nSPS) is 22.3. The number of para-hydroxylation sites is 1. The summed E-state index contributed by atoms with van der Waals surface area (Å²) in [6, 6.07) is 7.62. The van der Waals surface area contributed by atoms with E-state index in [-0.39, 0.29) is 0 Å². The first-order valence-corrected chi connectivity index (χ1v) is 8.85. The van der Waals surface area contributed by atoms with Crippen LogP contribution >= 0.6 is 23.8 Å². The molecule has 2 rings (SSSR count). The second-order valence-electron chi connectivity index (χ2n) is 6.42. The van der Waals surface area contributed by atoms with Crippen LogP contribution in [0.15, 0.2) is 24.3 Å². The number of piperidine rings is 1. The summed E-state index contributed by atoms with van der Waals surface area (Å²) in [5.74, 6) is 1.64. The van der Waals surface area contributed by atoms with Gasteiger partial charge in [-0.25, -0.2) is 0 Å². The zero-order chi connectivity index (χ0) is 15.9. The molecule has 5 heteroatoms. The van der Waals surface area contributed by atoms with Crippen molar-refractivity contribution in [1.29, 1.82) is 0 Å². The first kappa shape index (κ1) is 17.5. The van der Waals surface area contributed by atoms with Gasteiger partial charge >= 0.3 is 0 Å².